The molecule has 2 aromatic carbocycles. The fourth-order valence-electron chi connectivity index (χ4n) is 3.99. The number of allylic oxidation sites excluding steroid dienone is 1. The molecule has 0 bridgehead atoms. The predicted octanol–water partition coefficient (Wildman–Crippen LogP) is 3.36. The first-order chi connectivity index (χ1) is 13.6. The molecule has 1 heterocycles. The van der Waals surface area contributed by atoms with Crippen LogP contribution in [0.2, 0.25) is 0 Å². The van der Waals surface area contributed by atoms with Gasteiger partial charge in [0, 0.05) is 0 Å². The van der Waals surface area contributed by atoms with Gasteiger partial charge in [0.25, 0.3) is 0 Å². The van der Waals surface area contributed by atoms with Crippen molar-refractivity contribution in [1.29, 1.82) is 0 Å². The molecule has 0 spiro atoms. The van der Waals surface area contributed by atoms with E-state index in [1.165, 1.54) is 0 Å². The summed E-state index contributed by atoms with van der Waals surface area (Å²) < 4.78 is 21.5. The third kappa shape index (κ3) is 2.72. The van der Waals surface area contributed by atoms with E-state index in [1.54, 1.807) is 21.3 Å². The van der Waals surface area contributed by atoms with Gasteiger partial charge >= 0.3 is 11.9 Å². The molecule has 2 aromatic rings. The molecular weight excluding hydrogens is 360 g/mol. The second kappa shape index (κ2) is 7.03. The van der Waals surface area contributed by atoms with E-state index >= 15 is 0 Å². The minimum Gasteiger partial charge on any atom is -0.496 e. The highest BCUT2D eigenvalue weighted by Crippen LogP contribution is 2.49. The normalized spacial score (nSPS) is 20.8. The fraction of sp³-hybridized carbons (Fsp3) is 0.273. The Morgan fingerprint density at radius 2 is 1.61 bits per heavy atom. The SMILES string of the molecule is COC1=C(OC)C(c2ccc(C3CC(=O)OC3=O)cc2)c2cccc(OC)c21. The average Bonchev–Trinajstić information content (AvgIpc) is 3.23. The number of fused-ring (bicyclic) bond motifs is 1. The molecule has 4 rings (SSSR count). The quantitative estimate of drug-likeness (QED) is 0.585. The van der Waals surface area contributed by atoms with Gasteiger partial charge in [-0.1, -0.05) is 36.4 Å². The number of cyclic esters (lactones) is 2. The minimum absolute atomic E-state index is 0.0820. The molecule has 1 saturated heterocycles. The van der Waals surface area contributed by atoms with Gasteiger partial charge in [0.05, 0.1) is 45.1 Å². The maximum Gasteiger partial charge on any atom is 0.321 e. The second-order valence-electron chi connectivity index (χ2n) is 6.68. The van der Waals surface area contributed by atoms with E-state index in [0.717, 1.165) is 28.0 Å². The highest BCUT2D eigenvalue weighted by atomic mass is 16.6. The third-order valence-corrected chi connectivity index (χ3v) is 5.27. The molecular formula is C22H20O6. The van der Waals surface area contributed by atoms with E-state index < -0.39 is 17.9 Å². The number of ether oxygens (including phenoxy) is 4. The predicted molar refractivity (Wildman–Crippen MR) is 101 cm³/mol. The maximum absolute atomic E-state index is 11.8. The Morgan fingerprint density at radius 3 is 2.18 bits per heavy atom. The zero-order valence-corrected chi connectivity index (χ0v) is 15.9. The molecule has 0 amide bonds. The third-order valence-electron chi connectivity index (χ3n) is 5.27. The Hall–Kier alpha value is -3.28. The topological polar surface area (TPSA) is 71.1 Å². The summed E-state index contributed by atoms with van der Waals surface area (Å²) in [5.41, 5.74) is 3.65. The summed E-state index contributed by atoms with van der Waals surface area (Å²) in [5, 5.41) is 0. The van der Waals surface area contributed by atoms with Crippen molar-refractivity contribution in [1.82, 2.24) is 0 Å². The first kappa shape index (κ1) is 18.1. The van der Waals surface area contributed by atoms with Crippen LogP contribution in [0.4, 0.5) is 0 Å². The van der Waals surface area contributed by atoms with Gasteiger partial charge in [-0.05, 0) is 22.8 Å². The molecule has 1 fully saturated rings. The number of methoxy groups -OCH3 is 3. The van der Waals surface area contributed by atoms with Crippen LogP contribution in [0, 0.1) is 0 Å². The van der Waals surface area contributed by atoms with Crippen LogP contribution in [0.1, 0.15) is 40.5 Å². The Kier molecular flexibility index (Phi) is 4.55. The van der Waals surface area contributed by atoms with E-state index in [4.69, 9.17) is 14.2 Å². The van der Waals surface area contributed by atoms with Crippen molar-refractivity contribution in [3.05, 3.63) is 70.5 Å². The summed E-state index contributed by atoms with van der Waals surface area (Å²) in [4.78, 5) is 23.2. The van der Waals surface area contributed by atoms with Crippen molar-refractivity contribution >= 4 is 17.7 Å². The number of hydrogen-bond donors (Lipinski definition) is 0. The van der Waals surface area contributed by atoms with E-state index in [9.17, 15) is 9.59 Å². The van der Waals surface area contributed by atoms with Gasteiger partial charge in [0.2, 0.25) is 0 Å². The van der Waals surface area contributed by atoms with Crippen molar-refractivity contribution in [2.75, 3.05) is 21.3 Å². The van der Waals surface area contributed by atoms with Crippen molar-refractivity contribution in [3.8, 4) is 5.75 Å². The molecule has 6 heteroatoms. The number of carbonyl (C=O) groups excluding carboxylic acids is 2. The average molecular weight is 380 g/mol. The number of carbonyl (C=O) groups is 2. The van der Waals surface area contributed by atoms with Gasteiger partial charge in [0.1, 0.15) is 11.5 Å². The standard InChI is InChI=1S/C22H20O6/c1-25-16-6-4-5-14-18(20(26-2)21(27-3)19(14)16)13-9-7-12(8-10-13)15-11-17(23)28-22(15)24/h4-10,15,18H,11H2,1-3H3. The largest absolute Gasteiger partial charge is 0.496 e. The molecule has 0 aromatic heterocycles. The van der Waals surface area contributed by atoms with Gasteiger partial charge < -0.3 is 18.9 Å². The van der Waals surface area contributed by atoms with Crippen LogP contribution in [0.25, 0.3) is 5.76 Å². The van der Waals surface area contributed by atoms with Crippen LogP contribution in [0.3, 0.4) is 0 Å². The highest BCUT2D eigenvalue weighted by molar-refractivity contribution is 5.97. The van der Waals surface area contributed by atoms with Crippen LogP contribution in [-0.2, 0) is 23.8 Å². The van der Waals surface area contributed by atoms with E-state index in [1.807, 2.05) is 42.5 Å². The van der Waals surface area contributed by atoms with Crippen LogP contribution in [-0.4, -0.2) is 33.3 Å². The fourth-order valence-corrected chi connectivity index (χ4v) is 3.99. The Labute approximate surface area is 162 Å². The Bertz CT molecular complexity index is 973. The molecule has 144 valence electrons. The Morgan fingerprint density at radius 1 is 0.893 bits per heavy atom. The van der Waals surface area contributed by atoms with Gasteiger partial charge in [-0.3, -0.25) is 9.59 Å². The lowest BCUT2D eigenvalue weighted by molar-refractivity contribution is -0.152. The number of rotatable bonds is 5. The highest BCUT2D eigenvalue weighted by Gasteiger charge is 2.38. The zero-order chi connectivity index (χ0) is 19.8. The molecule has 2 unspecified atom stereocenters. The first-order valence-electron chi connectivity index (χ1n) is 8.92. The second-order valence-corrected chi connectivity index (χ2v) is 6.68. The molecule has 2 aliphatic rings. The zero-order valence-electron chi connectivity index (χ0n) is 15.9. The van der Waals surface area contributed by atoms with Crippen LogP contribution < -0.4 is 4.74 Å². The van der Waals surface area contributed by atoms with Crippen LogP contribution in [0.5, 0.6) is 5.75 Å². The number of hydrogen-bond acceptors (Lipinski definition) is 6. The van der Waals surface area contributed by atoms with Crippen molar-refractivity contribution in [3.63, 3.8) is 0 Å². The molecule has 0 N–H and O–H groups in total. The summed E-state index contributed by atoms with van der Waals surface area (Å²) in [5.74, 6) is 0.397. The summed E-state index contributed by atoms with van der Waals surface area (Å²) in [6.45, 7) is 0. The van der Waals surface area contributed by atoms with Gasteiger partial charge in [-0.15, -0.1) is 0 Å². The molecule has 2 atom stereocenters. The molecule has 1 aliphatic carbocycles. The molecule has 0 radical (unpaired) electrons. The van der Waals surface area contributed by atoms with Crippen molar-refractivity contribution in [2.45, 2.75) is 18.3 Å². The molecule has 28 heavy (non-hydrogen) atoms. The summed E-state index contributed by atoms with van der Waals surface area (Å²) in [7, 11) is 4.85. The summed E-state index contributed by atoms with van der Waals surface area (Å²) in [6, 6.07) is 13.4. The monoisotopic (exact) mass is 380 g/mol. The Balaban J connectivity index is 1.76. The molecule has 6 nitrogen and oxygen atoms in total. The minimum atomic E-state index is -0.538. The summed E-state index contributed by atoms with van der Waals surface area (Å²) in [6.07, 6.45) is 0.0820. The molecule has 0 saturated carbocycles. The molecule has 1 aliphatic heterocycles. The number of benzene rings is 2. The smallest absolute Gasteiger partial charge is 0.321 e. The van der Waals surface area contributed by atoms with E-state index in [0.29, 0.717) is 11.5 Å². The lowest BCUT2D eigenvalue weighted by Gasteiger charge is -2.17. The van der Waals surface area contributed by atoms with Crippen LogP contribution >= 0.6 is 0 Å². The van der Waals surface area contributed by atoms with Crippen molar-refractivity contribution in [2.24, 2.45) is 0 Å². The number of esters is 2. The van der Waals surface area contributed by atoms with E-state index in [2.05, 4.69) is 4.74 Å². The van der Waals surface area contributed by atoms with E-state index in [-0.39, 0.29) is 12.3 Å². The van der Waals surface area contributed by atoms with Gasteiger partial charge in [-0.25, -0.2) is 0 Å². The van der Waals surface area contributed by atoms with Gasteiger partial charge in [0.15, 0.2) is 5.76 Å². The lowest BCUT2D eigenvalue weighted by Crippen LogP contribution is -2.07. The first-order valence-corrected chi connectivity index (χ1v) is 8.92. The van der Waals surface area contributed by atoms with Crippen LogP contribution in [0.15, 0.2) is 48.2 Å². The maximum atomic E-state index is 11.8. The summed E-state index contributed by atoms with van der Waals surface area (Å²) >= 11 is 0. The lowest BCUT2D eigenvalue weighted by atomic mass is 9.89. The van der Waals surface area contributed by atoms with Crippen molar-refractivity contribution < 1.29 is 28.5 Å². The van der Waals surface area contributed by atoms with Gasteiger partial charge in [-0.2, -0.15) is 0 Å².